The van der Waals surface area contributed by atoms with Crippen LogP contribution in [0, 0.1) is 11.3 Å². The van der Waals surface area contributed by atoms with E-state index in [0.29, 0.717) is 0 Å². The van der Waals surface area contributed by atoms with Gasteiger partial charge in [0.2, 0.25) is 0 Å². The van der Waals surface area contributed by atoms with Crippen molar-refractivity contribution in [3.05, 3.63) is 0 Å². The first kappa shape index (κ1) is 7.57. The summed E-state index contributed by atoms with van der Waals surface area (Å²) in [6.07, 6.45) is -0.00424. The Hall–Kier alpha value is -0.433. The zero-order valence-electron chi connectivity index (χ0n) is 4.62. The molecule has 4 heteroatoms. The molecule has 0 heterocycles. The Morgan fingerprint density at radius 1 is 1.62 bits per heavy atom. The maximum absolute atomic E-state index is 11.9. The topological polar surface area (TPSA) is 23.8 Å². The Balaban J connectivity index is 3.28. The maximum Gasteiger partial charge on any atom is 0.423 e. The van der Waals surface area contributed by atoms with Crippen LogP contribution in [0.3, 0.4) is 0 Å². The van der Waals surface area contributed by atoms with Crippen LogP contribution in [-0.4, -0.2) is 8.74 Å². The van der Waals surface area contributed by atoms with Crippen LogP contribution in [0.4, 0.5) is 8.22 Å². The molecule has 0 aliphatic carbocycles. The van der Waals surface area contributed by atoms with Gasteiger partial charge in [-0.05, 0) is 6.55 Å². The van der Waals surface area contributed by atoms with Crippen LogP contribution >= 0.6 is 0 Å². The molecule has 8 heavy (non-hydrogen) atoms. The minimum absolute atomic E-state index is 0.00424. The van der Waals surface area contributed by atoms with Gasteiger partial charge in [0.25, 0.3) is 0 Å². The lowest BCUT2D eigenvalue weighted by atomic mass is 10.6. The number of nitriles is 1. The van der Waals surface area contributed by atoms with E-state index in [1.54, 1.807) is 6.07 Å². The fourth-order valence-corrected chi connectivity index (χ4v) is 0.826. The summed E-state index contributed by atoms with van der Waals surface area (Å²) < 4.78 is 23.8. The van der Waals surface area contributed by atoms with E-state index in [1.807, 2.05) is 0 Å². The van der Waals surface area contributed by atoms with Crippen molar-refractivity contribution in [1.82, 2.24) is 0 Å². The molecule has 1 nitrogen and oxygen atoms in total. The van der Waals surface area contributed by atoms with Crippen molar-refractivity contribution < 1.29 is 8.22 Å². The van der Waals surface area contributed by atoms with Crippen LogP contribution < -0.4 is 0 Å². The first-order chi connectivity index (χ1) is 3.56. The number of hydrogen-bond acceptors (Lipinski definition) is 1. The highest BCUT2D eigenvalue weighted by Gasteiger charge is 2.26. The molecule has 0 aliphatic heterocycles. The van der Waals surface area contributed by atoms with E-state index >= 15 is 0 Å². The SMILES string of the molecule is C[Si](F)(F)CCC#N. The minimum Gasteiger partial charge on any atom is -0.271 e. The molecule has 0 saturated carbocycles. The molecule has 0 amide bonds. The van der Waals surface area contributed by atoms with Crippen molar-refractivity contribution in [2.24, 2.45) is 0 Å². The summed E-state index contributed by atoms with van der Waals surface area (Å²) >= 11 is 0. The van der Waals surface area contributed by atoms with Gasteiger partial charge in [-0.2, -0.15) is 5.26 Å². The van der Waals surface area contributed by atoms with Crippen LogP contribution in [0.25, 0.3) is 0 Å². The molecule has 0 aromatic rings. The van der Waals surface area contributed by atoms with Crippen molar-refractivity contribution in [2.45, 2.75) is 19.0 Å². The molecule has 0 saturated heterocycles. The van der Waals surface area contributed by atoms with E-state index in [1.165, 1.54) is 0 Å². The van der Waals surface area contributed by atoms with Crippen LogP contribution in [0.15, 0.2) is 0 Å². The summed E-state index contributed by atoms with van der Waals surface area (Å²) in [7, 11) is -3.90. The molecule has 0 spiro atoms. The van der Waals surface area contributed by atoms with Crippen LogP contribution in [0.5, 0.6) is 0 Å². The van der Waals surface area contributed by atoms with Gasteiger partial charge in [-0.25, -0.2) is 0 Å². The number of halogens is 2. The standard InChI is InChI=1S/C4H7F2NSi/c1-8(5,6)4-2-3-7/h2,4H2,1H3. The molecule has 0 aliphatic rings. The second-order valence-corrected chi connectivity index (χ2v) is 4.37. The fourth-order valence-electron chi connectivity index (χ4n) is 0.275. The summed E-state index contributed by atoms with van der Waals surface area (Å²) in [6.45, 7) is 0.949. The van der Waals surface area contributed by atoms with Crippen LogP contribution in [0.2, 0.25) is 12.6 Å². The average molecular weight is 135 g/mol. The summed E-state index contributed by atoms with van der Waals surface area (Å²) in [5.41, 5.74) is 0. The maximum atomic E-state index is 11.9. The second-order valence-electron chi connectivity index (χ2n) is 1.73. The molecule has 0 fully saturated rings. The molecular formula is C4H7F2NSi. The highest BCUT2D eigenvalue weighted by Crippen LogP contribution is 2.13. The Morgan fingerprint density at radius 2 is 2.12 bits per heavy atom. The minimum atomic E-state index is -3.90. The number of rotatable bonds is 2. The number of hydrogen-bond donors (Lipinski definition) is 0. The van der Waals surface area contributed by atoms with Crippen LogP contribution in [-0.2, 0) is 0 Å². The van der Waals surface area contributed by atoms with Gasteiger partial charge < -0.3 is 0 Å². The van der Waals surface area contributed by atoms with Gasteiger partial charge in [-0.3, -0.25) is 8.22 Å². The summed E-state index contributed by atoms with van der Waals surface area (Å²) in [6, 6.07) is 1.49. The van der Waals surface area contributed by atoms with Crippen molar-refractivity contribution >= 4 is 8.74 Å². The zero-order chi connectivity index (χ0) is 6.62. The normalized spacial score (nSPS) is 10.8. The third kappa shape index (κ3) is 5.57. The lowest BCUT2D eigenvalue weighted by molar-refractivity contribution is 0.607. The van der Waals surface area contributed by atoms with E-state index < -0.39 is 8.74 Å². The fraction of sp³-hybridized carbons (Fsp3) is 0.750. The van der Waals surface area contributed by atoms with Crippen molar-refractivity contribution in [3.8, 4) is 6.07 Å². The largest absolute Gasteiger partial charge is 0.423 e. The lowest BCUT2D eigenvalue weighted by Gasteiger charge is -1.99. The third-order valence-electron chi connectivity index (χ3n) is 0.676. The van der Waals surface area contributed by atoms with Gasteiger partial charge in [0.05, 0.1) is 6.07 Å². The van der Waals surface area contributed by atoms with Crippen molar-refractivity contribution in [2.75, 3.05) is 0 Å². The Bertz CT molecular complexity index is 102. The Labute approximate surface area is 48.3 Å². The highest BCUT2D eigenvalue weighted by molar-refractivity contribution is 6.64. The molecule has 0 aromatic heterocycles. The van der Waals surface area contributed by atoms with Gasteiger partial charge >= 0.3 is 8.74 Å². The highest BCUT2D eigenvalue weighted by atomic mass is 28.4. The van der Waals surface area contributed by atoms with Gasteiger partial charge in [-0.1, -0.05) is 0 Å². The molecule has 0 rings (SSSR count). The first-order valence-electron chi connectivity index (χ1n) is 2.31. The van der Waals surface area contributed by atoms with Gasteiger partial charge in [-0.15, -0.1) is 0 Å². The molecule has 0 radical (unpaired) electrons. The van der Waals surface area contributed by atoms with Gasteiger partial charge in [0.1, 0.15) is 0 Å². The number of nitrogens with zero attached hydrogens (tertiary/aromatic N) is 1. The van der Waals surface area contributed by atoms with Crippen LogP contribution in [0.1, 0.15) is 6.42 Å². The molecule has 0 aromatic carbocycles. The second kappa shape index (κ2) is 2.77. The smallest absolute Gasteiger partial charge is 0.271 e. The zero-order valence-corrected chi connectivity index (χ0v) is 5.62. The predicted molar refractivity (Wildman–Crippen MR) is 28.9 cm³/mol. The molecule has 0 bridgehead atoms. The van der Waals surface area contributed by atoms with E-state index in [2.05, 4.69) is 0 Å². The predicted octanol–water partition coefficient (Wildman–Crippen LogP) is 1.91. The van der Waals surface area contributed by atoms with Crippen molar-refractivity contribution in [1.29, 1.82) is 5.26 Å². The molecule has 0 N–H and O–H groups in total. The average Bonchev–Trinajstić information content (AvgIpc) is 1.59. The van der Waals surface area contributed by atoms with Crippen molar-refractivity contribution in [3.63, 3.8) is 0 Å². The third-order valence-corrected chi connectivity index (χ3v) is 1.80. The monoisotopic (exact) mass is 135 g/mol. The lowest BCUT2D eigenvalue weighted by Crippen LogP contribution is -2.14. The molecular weight excluding hydrogens is 128 g/mol. The van der Waals surface area contributed by atoms with Gasteiger partial charge in [0.15, 0.2) is 0 Å². The Kier molecular flexibility index (Phi) is 2.62. The van der Waals surface area contributed by atoms with E-state index in [9.17, 15) is 8.22 Å². The van der Waals surface area contributed by atoms with E-state index in [-0.39, 0.29) is 12.5 Å². The summed E-state index contributed by atoms with van der Waals surface area (Å²) in [5.74, 6) is 0. The molecule has 0 unspecified atom stereocenters. The van der Waals surface area contributed by atoms with E-state index in [4.69, 9.17) is 5.26 Å². The Morgan fingerprint density at radius 3 is 2.25 bits per heavy atom. The summed E-state index contributed by atoms with van der Waals surface area (Å²) in [5, 5.41) is 7.87. The van der Waals surface area contributed by atoms with E-state index in [0.717, 1.165) is 6.55 Å². The summed E-state index contributed by atoms with van der Waals surface area (Å²) in [4.78, 5) is 0. The molecule has 0 atom stereocenters. The van der Waals surface area contributed by atoms with Gasteiger partial charge in [0, 0.05) is 12.5 Å². The molecule has 46 valence electrons. The quantitative estimate of drug-likeness (QED) is 0.419. The first-order valence-corrected chi connectivity index (χ1v) is 4.77.